The Morgan fingerprint density at radius 1 is 0.418 bits per heavy atom. The molecular formula is C52H34N2S. The zero-order valence-corrected chi connectivity index (χ0v) is 30.4. The minimum Gasteiger partial charge on any atom is -0.310 e. The summed E-state index contributed by atoms with van der Waals surface area (Å²) in [6.45, 7) is 0. The van der Waals surface area contributed by atoms with Crippen LogP contribution in [0.3, 0.4) is 0 Å². The molecule has 11 rings (SSSR count). The second kappa shape index (κ2) is 12.9. The Bertz CT molecular complexity index is 3450. The van der Waals surface area contributed by atoms with Crippen LogP contribution in [0.5, 0.6) is 0 Å². The van der Waals surface area contributed by atoms with Crippen LogP contribution in [0.4, 0.5) is 17.1 Å². The number of fused-ring (bicyclic) bond motifs is 8. The standard InChI is InChI=1S/C52H34N2S/c1-3-11-35(12-4-1)36-19-25-41(26-20-36)53(43-29-32-51-48(34-43)46-17-9-10-18-50(46)55-51)42-27-21-37(22-28-42)39-24-30-45-47-31-23-38-13-7-8-16-44(38)52(47)54(49(45)33-39)40-14-5-2-6-15-40/h1-34H/i1D,3D,4D,11D,12D. The van der Waals surface area contributed by atoms with E-state index < -0.39 is 6.04 Å². The lowest BCUT2D eigenvalue weighted by Gasteiger charge is -2.26. The maximum absolute atomic E-state index is 8.58. The molecule has 0 bridgehead atoms. The Morgan fingerprint density at radius 2 is 1.04 bits per heavy atom. The molecule has 2 heterocycles. The fourth-order valence-corrected chi connectivity index (χ4v) is 9.16. The molecule has 0 radical (unpaired) electrons. The molecule has 0 saturated carbocycles. The summed E-state index contributed by atoms with van der Waals surface area (Å²) in [6.07, 6.45) is 0. The molecule has 0 fully saturated rings. The average Bonchev–Trinajstić information content (AvgIpc) is 3.84. The van der Waals surface area contributed by atoms with Crippen LogP contribution in [0.25, 0.3) is 80.7 Å². The summed E-state index contributed by atoms with van der Waals surface area (Å²) in [5, 5.41) is 7.24. The molecule has 3 heteroatoms. The second-order valence-electron chi connectivity index (χ2n) is 13.8. The number of aromatic nitrogens is 1. The zero-order valence-electron chi connectivity index (χ0n) is 34.5. The number of para-hydroxylation sites is 1. The quantitative estimate of drug-likeness (QED) is 0.166. The van der Waals surface area contributed by atoms with Gasteiger partial charge in [-0.1, -0.05) is 139 Å². The normalized spacial score (nSPS) is 12.9. The van der Waals surface area contributed by atoms with Crippen molar-refractivity contribution in [1.82, 2.24) is 4.57 Å². The Hall–Kier alpha value is -6.94. The van der Waals surface area contributed by atoms with Gasteiger partial charge in [0, 0.05) is 59.1 Å². The van der Waals surface area contributed by atoms with Gasteiger partial charge in [-0.25, -0.2) is 0 Å². The molecule has 2 aromatic heterocycles. The first kappa shape index (κ1) is 26.8. The number of benzene rings is 9. The predicted molar refractivity (Wildman–Crippen MR) is 237 cm³/mol. The van der Waals surface area contributed by atoms with E-state index in [1.54, 1.807) is 11.3 Å². The highest BCUT2D eigenvalue weighted by Gasteiger charge is 2.18. The van der Waals surface area contributed by atoms with Crippen LogP contribution in [0.2, 0.25) is 0 Å². The predicted octanol–water partition coefficient (Wildman–Crippen LogP) is 15.1. The number of hydrogen-bond acceptors (Lipinski definition) is 2. The van der Waals surface area contributed by atoms with Gasteiger partial charge in [-0.2, -0.15) is 0 Å². The monoisotopic (exact) mass is 723 g/mol. The maximum atomic E-state index is 8.58. The number of anilines is 3. The largest absolute Gasteiger partial charge is 0.310 e. The molecule has 0 aliphatic rings. The van der Waals surface area contributed by atoms with E-state index >= 15 is 0 Å². The highest BCUT2D eigenvalue weighted by atomic mass is 32.1. The van der Waals surface area contributed by atoms with E-state index in [1.165, 1.54) is 47.2 Å². The highest BCUT2D eigenvalue weighted by molar-refractivity contribution is 7.25. The van der Waals surface area contributed by atoms with Gasteiger partial charge in [0.25, 0.3) is 0 Å². The lowest BCUT2D eigenvalue weighted by atomic mass is 10.0. The van der Waals surface area contributed by atoms with E-state index in [9.17, 15) is 0 Å². The van der Waals surface area contributed by atoms with Crippen LogP contribution in [-0.2, 0) is 0 Å². The molecule has 2 nitrogen and oxygen atoms in total. The van der Waals surface area contributed by atoms with Gasteiger partial charge in [0.2, 0.25) is 0 Å². The van der Waals surface area contributed by atoms with E-state index in [4.69, 9.17) is 6.85 Å². The molecule has 258 valence electrons. The van der Waals surface area contributed by atoms with Crippen LogP contribution in [0.1, 0.15) is 6.85 Å². The van der Waals surface area contributed by atoms with Gasteiger partial charge in [0.05, 0.1) is 17.9 Å². The summed E-state index contributed by atoms with van der Waals surface area (Å²) >= 11 is 1.78. The molecule has 0 spiro atoms. The van der Waals surface area contributed by atoms with Crippen molar-refractivity contribution in [3.8, 4) is 27.9 Å². The van der Waals surface area contributed by atoms with Gasteiger partial charge in [-0.3, -0.25) is 0 Å². The lowest BCUT2D eigenvalue weighted by molar-refractivity contribution is 1.19. The number of thiophene rings is 1. The van der Waals surface area contributed by atoms with Gasteiger partial charge < -0.3 is 9.47 Å². The molecule has 0 aliphatic carbocycles. The highest BCUT2D eigenvalue weighted by Crippen LogP contribution is 2.42. The first-order valence-corrected chi connectivity index (χ1v) is 19.2. The molecule has 0 saturated heterocycles. The van der Waals surface area contributed by atoms with Gasteiger partial charge in [-0.15, -0.1) is 11.3 Å². The van der Waals surface area contributed by atoms with Gasteiger partial charge in [0.15, 0.2) is 0 Å². The van der Waals surface area contributed by atoms with E-state index in [-0.39, 0.29) is 29.7 Å². The molecule has 0 atom stereocenters. The average molecular weight is 724 g/mol. The van der Waals surface area contributed by atoms with Crippen molar-refractivity contribution in [2.24, 2.45) is 0 Å². The fraction of sp³-hybridized carbons (Fsp3) is 0. The van der Waals surface area contributed by atoms with E-state index in [0.29, 0.717) is 5.56 Å². The van der Waals surface area contributed by atoms with Gasteiger partial charge >= 0.3 is 0 Å². The topological polar surface area (TPSA) is 8.17 Å². The summed E-state index contributed by atoms with van der Waals surface area (Å²) in [4.78, 5) is 2.21. The minimum atomic E-state index is -0.400. The van der Waals surface area contributed by atoms with E-state index in [1.807, 2.05) is 24.3 Å². The first-order chi connectivity index (χ1) is 29.3. The smallest absolute Gasteiger partial charge is 0.0629 e. The number of rotatable bonds is 6. The zero-order chi connectivity index (χ0) is 40.6. The molecule has 0 aliphatic heterocycles. The molecule has 0 amide bonds. The van der Waals surface area contributed by atoms with E-state index in [0.717, 1.165) is 39.4 Å². The van der Waals surface area contributed by atoms with Crippen molar-refractivity contribution in [2.75, 3.05) is 4.90 Å². The van der Waals surface area contributed by atoms with Crippen molar-refractivity contribution >= 4 is 81.1 Å². The second-order valence-corrected chi connectivity index (χ2v) is 14.9. The van der Waals surface area contributed by atoms with Crippen molar-refractivity contribution in [1.29, 1.82) is 0 Å². The minimum absolute atomic E-state index is 0.186. The molecule has 0 N–H and O–H groups in total. The fourth-order valence-electron chi connectivity index (χ4n) is 8.08. The Morgan fingerprint density at radius 3 is 1.82 bits per heavy atom. The van der Waals surface area contributed by atoms with Crippen molar-refractivity contribution in [3.63, 3.8) is 0 Å². The maximum Gasteiger partial charge on any atom is 0.0629 e. The van der Waals surface area contributed by atoms with Crippen molar-refractivity contribution in [3.05, 3.63) is 206 Å². The Balaban J connectivity index is 1.04. The third kappa shape index (κ3) is 5.32. The first-order valence-electron chi connectivity index (χ1n) is 20.8. The summed E-state index contributed by atoms with van der Waals surface area (Å²) in [6, 6.07) is 60.2. The van der Waals surface area contributed by atoms with Gasteiger partial charge in [0.1, 0.15) is 0 Å². The summed E-state index contributed by atoms with van der Waals surface area (Å²) in [5.74, 6) is 0. The van der Waals surface area contributed by atoms with Gasteiger partial charge in [-0.05, 0) is 94.4 Å². The molecular weight excluding hydrogens is 685 g/mol. The lowest BCUT2D eigenvalue weighted by Crippen LogP contribution is -2.09. The van der Waals surface area contributed by atoms with E-state index in [2.05, 4.69) is 161 Å². The number of nitrogens with zero attached hydrogens (tertiary/aromatic N) is 2. The Labute approximate surface area is 330 Å². The van der Waals surface area contributed by atoms with Crippen molar-refractivity contribution in [2.45, 2.75) is 0 Å². The third-order valence-corrected chi connectivity index (χ3v) is 11.8. The van der Waals surface area contributed by atoms with Crippen LogP contribution in [-0.4, -0.2) is 4.57 Å². The van der Waals surface area contributed by atoms with Crippen LogP contribution in [0.15, 0.2) is 206 Å². The van der Waals surface area contributed by atoms with Crippen molar-refractivity contribution < 1.29 is 6.85 Å². The summed E-state index contributed by atoms with van der Waals surface area (Å²) < 4.78 is 46.5. The summed E-state index contributed by atoms with van der Waals surface area (Å²) in [7, 11) is 0. The Kier molecular flexibility index (Phi) is 6.27. The van der Waals surface area contributed by atoms with Crippen LogP contribution >= 0.6 is 11.3 Å². The third-order valence-electron chi connectivity index (χ3n) is 10.7. The molecule has 55 heavy (non-hydrogen) atoms. The SMILES string of the molecule is [2H]c1c([2H])c([2H])c(-c2ccc(N(c3ccc(-c4ccc5c6ccc7ccccc7c6n(-c6ccccc6)c5c4)cc3)c3ccc4sc5ccccc5c4c3)cc2)c([2H])c1[2H]. The number of hydrogen-bond donors (Lipinski definition) is 0. The molecule has 11 aromatic rings. The van der Waals surface area contributed by atoms with Crippen LogP contribution < -0.4 is 4.90 Å². The molecule has 0 unspecified atom stereocenters. The molecule has 9 aromatic carbocycles. The van der Waals surface area contributed by atoms with Crippen LogP contribution in [0, 0.1) is 0 Å². The summed E-state index contributed by atoms with van der Waals surface area (Å²) in [5.41, 5.74) is 9.22.